The number of rotatable bonds is 6. The highest BCUT2D eigenvalue weighted by Gasteiger charge is 2.44. The molecule has 0 spiro atoms. The molecule has 1 aromatic rings. The third-order valence-electron chi connectivity index (χ3n) is 3.00. The smallest absolute Gasteiger partial charge is 0.323 e. The van der Waals surface area contributed by atoms with Crippen LogP contribution in [0.1, 0.15) is 26.3 Å². The summed E-state index contributed by atoms with van der Waals surface area (Å²) < 4.78 is 23.9. The fraction of sp³-hybridized carbons (Fsp3) is 0.467. The first-order chi connectivity index (χ1) is 9.85. The van der Waals surface area contributed by atoms with E-state index in [4.69, 9.17) is 9.47 Å². The van der Waals surface area contributed by atoms with Crippen LogP contribution >= 0.6 is 15.9 Å². The van der Waals surface area contributed by atoms with Gasteiger partial charge in [0.1, 0.15) is 5.82 Å². The van der Waals surface area contributed by atoms with Crippen molar-refractivity contribution in [3.05, 3.63) is 34.1 Å². The minimum absolute atomic E-state index is 0.0109. The van der Waals surface area contributed by atoms with Gasteiger partial charge in [-0.15, -0.1) is 0 Å². The molecule has 0 atom stereocenters. The Morgan fingerprint density at radius 1 is 1.19 bits per heavy atom. The Bertz CT molecular complexity index is 512. The molecule has 0 saturated heterocycles. The fourth-order valence-corrected chi connectivity index (χ4v) is 2.25. The Labute approximate surface area is 131 Å². The Hall–Kier alpha value is -1.43. The number of carbonyl (C=O) groups excluding carboxylic acids is 2. The molecule has 0 saturated carbocycles. The summed E-state index contributed by atoms with van der Waals surface area (Å²) in [6.45, 7) is 5.06. The number of esters is 2. The molecule has 1 aromatic carbocycles. The standard InChI is InChI=1S/C15H18BrFO4/c1-4-20-13(18)15(3,14(19)21-5-2)9-10-8-11(17)6-7-12(10)16/h6-8H,4-5,9H2,1-3H3. The van der Waals surface area contributed by atoms with E-state index in [1.165, 1.54) is 25.1 Å². The Morgan fingerprint density at radius 3 is 2.19 bits per heavy atom. The van der Waals surface area contributed by atoms with Crippen molar-refractivity contribution < 1.29 is 23.5 Å². The number of carbonyl (C=O) groups is 2. The van der Waals surface area contributed by atoms with Crippen molar-refractivity contribution in [2.24, 2.45) is 5.41 Å². The van der Waals surface area contributed by atoms with E-state index in [2.05, 4.69) is 15.9 Å². The average Bonchev–Trinajstić information content (AvgIpc) is 2.43. The van der Waals surface area contributed by atoms with E-state index in [-0.39, 0.29) is 19.6 Å². The molecule has 0 aromatic heterocycles. The largest absolute Gasteiger partial charge is 0.465 e. The van der Waals surface area contributed by atoms with Crippen molar-refractivity contribution in [1.82, 2.24) is 0 Å². The van der Waals surface area contributed by atoms with Gasteiger partial charge < -0.3 is 9.47 Å². The molecule has 0 aliphatic carbocycles. The van der Waals surface area contributed by atoms with Crippen LogP contribution in [0, 0.1) is 11.2 Å². The maximum absolute atomic E-state index is 13.4. The predicted octanol–water partition coefficient (Wildman–Crippen LogP) is 3.26. The molecule has 4 nitrogen and oxygen atoms in total. The molecular formula is C15H18BrFO4. The molecule has 0 aliphatic rings. The minimum Gasteiger partial charge on any atom is -0.465 e. The SMILES string of the molecule is CCOC(=O)C(C)(Cc1cc(F)ccc1Br)C(=O)OCC. The van der Waals surface area contributed by atoms with Gasteiger partial charge in [0.05, 0.1) is 13.2 Å². The first-order valence-corrected chi connectivity index (χ1v) is 7.42. The highest BCUT2D eigenvalue weighted by Crippen LogP contribution is 2.30. The summed E-state index contributed by atoms with van der Waals surface area (Å²) in [6, 6.07) is 4.10. The fourth-order valence-electron chi connectivity index (χ4n) is 1.87. The molecule has 1 rings (SSSR count). The van der Waals surface area contributed by atoms with Gasteiger partial charge in [-0.25, -0.2) is 4.39 Å². The van der Waals surface area contributed by atoms with Gasteiger partial charge in [0.25, 0.3) is 0 Å². The molecular weight excluding hydrogens is 343 g/mol. The van der Waals surface area contributed by atoms with E-state index in [9.17, 15) is 14.0 Å². The summed E-state index contributed by atoms with van der Waals surface area (Å²) in [6.07, 6.45) is -0.0109. The average molecular weight is 361 g/mol. The highest BCUT2D eigenvalue weighted by atomic mass is 79.9. The predicted molar refractivity (Wildman–Crippen MR) is 79.2 cm³/mol. The van der Waals surface area contributed by atoms with Crippen molar-refractivity contribution >= 4 is 27.9 Å². The van der Waals surface area contributed by atoms with Crippen LogP contribution in [-0.2, 0) is 25.5 Å². The normalized spacial score (nSPS) is 11.1. The minimum atomic E-state index is -1.51. The van der Waals surface area contributed by atoms with E-state index in [1.807, 2.05) is 0 Å². The molecule has 0 unspecified atom stereocenters. The Morgan fingerprint density at radius 2 is 1.71 bits per heavy atom. The van der Waals surface area contributed by atoms with Gasteiger partial charge in [-0.3, -0.25) is 9.59 Å². The Kier molecular flexibility index (Phi) is 6.33. The lowest BCUT2D eigenvalue weighted by Gasteiger charge is -2.25. The van der Waals surface area contributed by atoms with Crippen molar-refractivity contribution in [1.29, 1.82) is 0 Å². The van der Waals surface area contributed by atoms with Crippen molar-refractivity contribution in [3.63, 3.8) is 0 Å². The van der Waals surface area contributed by atoms with Gasteiger partial charge in [-0.2, -0.15) is 0 Å². The summed E-state index contributed by atoms with van der Waals surface area (Å²) in [5.41, 5.74) is -1.01. The van der Waals surface area contributed by atoms with Crippen LogP contribution in [-0.4, -0.2) is 25.2 Å². The summed E-state index contributed by atoms with van der Waals surface area (Å²) in [5, 5.41) is 0. The van der Waals surface area contributed by atoms with E-state index in [0.29, 0.717) is 10.0 Å². The van der Waals surface area contributed by atoms with E-state index >= 15 is 0 Å². The van der Waals surface area contributed by atoms with Gasteiger partial charge >= 0.3 is 11.9 Å². The summed E-state index contributed by atoms with van der Waals surface area (Å²) in [4.78, 5) is 24.3. The molecule has 0 aliphatic heterocycles. The summed E-state index contributed by atoms with van der Waals surface area (Å²) in [7, 11) is 0. The second-order valence-electron chi connectivity index (χ2n) is 4.69. The van der Waals surface area contributed by atoms with E-state index < -0.39 is 23.2 Å². The first kappa shape index (κ1) is 17.6. The van der Waals surface area contributed by atoms with Crippen LogP contribution < -0.4 is 0 Å². The second kappa shape index (κ2) is 7.54. The van der Waals surface area contributed by atoms with Crippen LogP contribution in [0.4, 0.5) is 4.39 Å². The molecule has 0 fully saturated rings. The zero-order valence-corrected chi connectivity index (χ0v) is 13.8. The number of halogens is 2. The number of hydrogen-bond donors (Lipinski definition) is 0. The molecule has 0 amide bonds. The molecule has 0 N–H and O–H groups in total. The molecule has 21 heavy (non-hydrogen) atoms. The second-order valence-corrected chi connectivity index (χ2v) is 5.54. The van der Waals surface area contributed by atoms with Crippen LogP contribution in [0.15, 0.2) is 22.7 Å². The van der Waals surface area contributed by atoms with Crippen LogP contribution in [0.3, 0.4) is 0 Å². The van der Waals surface area contributed by atoms with Gasteiger partial charge in [-0.05, 0) is 44.5 Å². The van der Waals surface area contributed by atoms with Crippen molar-refractivity contribution in [3.8, 4) is 0 Å². The highest BCUT2D eigenvalue weighted by molar-refractivity contribution is 9.10. The number of hydrogen-bond acceptors (Lipinski definition) is 4. The zero-order valence-electron chi connectivity index (χ0n) is 12.2. The number of benzene rings is 1. The lowest BCUT2D eigenvalue weighted by atomic mass is 9.83. The zero-order chi connectivity index (χ0) is 16.0. The lowest BCUT2D eigenvalue weighted by Crippen LogP contribution is -2.41. The molecule has 116 valence electrons. The van der Waals surface area contributed by atoms with Crippen LogP contribution in [0.2, 0.25) is 0 Å². The van der Waals surface area contributed by atoms with Crippen molar-refractivity contribution in [2.45, 2.75) is 27.2 Å². The van der Waals surface area contributed by atoms with Gasteiger partial charge in [-0.1, -0.05) is 15.9 Å². The van der Waals surface area contributed by atoms with E-state index in [1.54, 1.807) is 13.8 Å². The quantitative estimate of drug-likeness (QED) is 0.577. The van der Waals surface area contributed by atoms with Crippen molar-refractivity contribution in [2.75, 3.05) is 13.2 Å². The monoisotopic (exact) mass is 360 g/mol. The van der Waals surface area contributed by atoms with Gasteiger partial charge in [0.2, 0.25) is 0 Å². The van der Waals surface area contributed by atoms with Gasteiger partial charge in [0.15, 0.2) is 5.41 Å². The van der Waals surface area contributed by atoms with Crippen LogP contribution in [0.25, 0.3) is 0 Å². The van der Waals surface area contributed by atoms with Gasteiger partial charge in [0, 0.05) is 10.9 Å². The van der Waals surface area contributed by atoms with E-state index in [0.717, 1.165) is 0 Å². The maximum Gasteiger partial charge on any atom is 0.323 e. The maximum atomic E-state index is 13.4. The summed E-state index contributed by atoms with van der Waals surface area (Å²) >= 11 is 3.29. The summed E-state index contributed by atoms with van der Waals surface area (Å²) in [5.74, 6) is -1.80. The molecule has 0 radical (unpaired) electrons. The lowest BCUT2D eigenvalue weighted by molar-refractivity contribution is -0.170. The first-order valence-electron chi connectivity index (χ1n) is 6.63. The third kappa shape index (κ3) is 4.27. The number of ether oxygens (including phenoxy) is 2. The molecule has 0 heterocycles. The molecule has 0 bridgehead atoms. The topological polar surface area (TPSA) is 52.6 Å². The molecule has 6 heteroatoms. The third-order valence-corrected chi connectivity index (χ3v) is 3.78. The van der Waals surface area contributed by atoms with Crippen LogP contribution in [0.5, 0.6) is 0 Å². The Balaban J connectivity index is 3.15.